The van der Waals surface area contributed by atoms with Crippen molar-refractivity contribution >= 4 is 22.7 Å². The van der Waals surface area contributed by atoms with Gasteiger partial charge < -0.3 is 15.5 Å². The van der Waals surface area contributed by atoms with Crippen molar-refractivity contribution in [3.05, 3.63) is 72.2 Å². The van der Waals surface area contributed by atoms with Crippen molar-refractivity contribution in [2.45, 2.75) is 19.6 Å². The Morgan fingerprint density at radius 3 is 2.42 bits per heavy atom. The van der Waals surface area contributed by atoms with Gasteiger partial charge in [-0.25, -0.2) is 19.9 Å². The highest BCUT2D eigenvalue weighted by molar-refractivity contribution is 5.92. The minimum absolute atomic E-state index is 0.215. The highest BCUT2D eigenvalue weighted by Crippen LogP contribution is 2.29. The molecule has 1 fully saturated rings. The number of aromatic nitrogens is 4. The molecule has 3 N–H and O–H groups in total. The topological polar surface area (TPSA) is 111 Å². The highest BCUT2D eigenvalue weighted by Gasteiger charge is 2.17. The molecule has 9 heteroatoms. The Bertz CT molecular complexity index is 1290. The summed E-state index contributed by atoms with van der Waals surface area (Å²) >= 11 is 0. The lowest BCUT2D eigenvalue weighted by atomic mass is 10.1. The average molecular weight is 486 g/mol. The number of benzene rings is 1. The van der Waals surface area contributed by atoms with Gasteiger partial charge >= 0.3 is 0 Å². The fourth-order valence-corrected chi connectivity index (χ4v) is 4.41. The Balaban J connectivity index is 1.32. The lowest BCUT2D eigenvalue weighted by molar-refractivity contribution is 0.108. The van der Waals surface area contributed by atoms with Crippen molar-refractivity contribution in [3.63, 3.8) is 0 Å². The van der Waals surface area contributed by atoms with Crippen LogP contribution in [0.15, 0.2) is 60.9 Å². The van der Waals surface area contributed by atoms with Crippen LogP contribution in [0.5, 0.6) is 0 Å². The van der Waals surface area contributed by atoms with E-state index in [0.29, 0.717) is 28.7 Å². The Morgan fingerprint density at radius 2 is 1.72 bits per heavy atom. The van der Waals surface area contributed by atoms with Gasteiger partial charge in [0.1, 0.15) is 11.3 Å². The van der Waals surface area contributed by atoms with E-state index >= 15 is 0 Å². The van der Waals surface area contributed by atoms with Gasteiger partial charge in [-0.3, -0.25) is 9.80 Å². The number of rotatable bonds is 8. The Kier molecular flexibility index (Phi) is 7.43. The average Bonchev–Trinajstić information content (AvgIpc) is 2.91. The van der Waals surface area contributed by atoms with E-state index in [-0.39, 0.29) is 6.61 Å². The molecule has 1 saturated heterocycles. The molecule has 4 aromatic rings. The normalized spacial score (nSPS) is 15.8. The number of β-amino-alcohol motifs (C(OH)–C–C–N with tert-alkyl or cyclic N) is 1. The second kappa shape index (κ2) is 11.0. The highest BCUT2D eigenvalue weighted by atomic mass is 16.3. The maximum atomic E-state index is 10.1. The van der Waals surface area contributed by atoms with Crippen molar-refractivity contribution in [1.82, 2.24) is 29.7 Å². The minimum atomic E-state index is -0.693. The van der Waals surface area contributed by atoms with Crippen LogP contribution >= 0.6 is 0 Å². The van der Waals surface area contributed by atoms with Crippen LogP contribution < -0.4 is 5.32 Å². The minimum Gasteiger partial charge on any atom is -0.395 e. The van der Waals surface area contributed by atoms with E-state index in [9.17, 15) is 5.11 Å². The van der Waals surface area contributed by atoms with E-state index in [1.807, 2.05) is 48.7 Å². The van der Waals surface area contributed by atoms with Crippen LogP contribution in [-0.4, -0.2) is 79.3 Å². The summed E-state index contributed by atoms with van der Waals surface area (Å²) in [4.78, 5) is 23.2. The zero-order valence-corrected chi connectivity index (χ0v) is 20.4. The molecular weight excluding hydrogens is 454 g/mol. The zero-order valence-electron chi connectivity index (χ0n) is 20.4. The van der Waals surface area contributed by atoms with Crippen LogP contribution in [0, 0.1) is 0 Å². The third-order valence-corrected chi connectivity index (χ3v) is 6.41. The molecule has 1 aliphatic rings. The summed E-state index contributed by atoms with van der Waals surface area (Å²) in [5, 5.41) is 23.3. The lowest BCUT2D eigenvalue weighted by Crippen LogP contribution is -2.46. The molecule has 0 unspecified atom stereocenters. The molecule has 0 bridgehead atoms. The molecule has 9 nitrogen and oxygen atoms in total. The standard InChI is InChI=1S/C27H31N7O2/c1-19(36)23-15-22-17-29-27(32-26(22)25(30-23)21-5-3-2-4-6-21)31-24-8-7-20(16-28-24)18-34-11-9-33(10-12-34)13-14-35/h2-8,15-17,19,35-36H,9-14,18H2,1H3,(H,28,29,31,32)/t19-/m1/s1. The summed E-state index contributed by atoms with van der Waals surface area (Å²) < 4.78 is 0. The molecule has 1 atom stereocenters. The van der Waals surface area contributed by atoms with Gasteiger partial charge in [0.2, 0.25) is 5.95 Å². The predicted octanol–water partition coefficient (Wildman–Crippen LogP) is 2.99. The summed E-state index contributed by atoms with van der Waals surface area (Å²) in [7, 11) is 0. The van der Waals surface area contributed by atoms with Crippen LogP contribution in [0.25, 0.3) is 22.2 Å². The summed E-state index contributed by atoms with van der Waals surface area (Å²) in [5.41, 5.74) is 4.07. The van der Waals surface area contributed by atoms with Crippen LogP contribution in [-0.2, 0) is 6.54 Å². The van der Waals surface area contributed by atoms with Gasteiger partial charge in [0.05, 0.1) is 24.1 Å². The monoisotopic (exact) mass is 485 g/mol. The molecule has 186 valence electrons. The maximum absolute atomic E-state index is 10.1. The van der Waals surface area contributed by atoms with Crippen LogP contribution in [0.4, 0.5) is 11.8 Å². The summed E-state index contributed by atoms with van der Waals surface area (Å²) in [6.07, 6.45) is 2.94. The maximum Gasteiger partial charge on any atom is 0.228 e. The third-order valence-electron chi connectivity index (χ3n) is 6.41. The van der Waals surface area contributed by atoms with Crippen molar-refractivity contribution in [2.75, 3.05) is 44.6 Å². The summed E-state index contributed by atoms with van der Waals surface area (Å²) in [5.74, 6) is 1.10. The number of hydrogen-bond donors (Lipinski definition) is 3. The molecule has 0 saturated carbocycles. The van der Waals surface area contributed by atoms with E-state index in [1.54, 1.807) is 13.1 Å². The molecule has 4 heterocycles. The molecule has 36 heavy (non-hydrogen) atoms. The van der Waals surface area contributed by atoms with E-state index in [4.69, 9.17) is 15.1 Å². The molecule has 0 aliphatic carbocycles. The number of aliphatic hydroxyl groups is 2. The van der Waals surface area contributed by atoms with Gasteiger partial charge in [-0.15, -0.1) is 0 Å². The predicted molar refractivity (Wildman–Crippen MR) is 140 cm³/mol. The van der Waals surface area contributed by atoms with Gasteiger partial charge in [-0.2, -0.15) is 0 Å². The van der Waals surface area contributed by atoms with Gasteiger partial charge in [-0.05, 0) is 24.6 Å². The number of piperazine rings is 1. The first-order valence-electron chi connectivity index (χ1n) is 12.3. The van der Waals surface area contributed by atoms with E-state index in [2.05, 4.69) is 31.2 Å². The molecular formula is C27H31N7O2. The summed E-state index contributed by atoms with van der Waals surface area (Å²) in [6.45, 7) is 7.44. The molecule has 3 aromatic heterocycles. The smallest absolute Gasteiger partial charge is 0.228 e. The number of hydrogen-bond acceptors (Lipinski definition) is 9. The molecule has 1 aromatic carbocycles. The molecule has 0 amide bonds. The quantitative estimate of drug-likeness (QED) is 0.347. The fraction of sp³-hybridized carbons (Fsp3) is 0.333. The first kappa shape index (κ1) is 24.2. The number of fused-ring (bicyclic) bond motifs is 1. The van der Waals surface area contributed by atoms with Crippen LogP contribution in [0.1, 0.15) is 24.3 Å². The first-order chi connectivity index (χ1) is 17.6. The van der Waals surface area contributed by atoms with Crippen LogP contribution in [0.2, 0.25) is 0 Å². The SMILES string of the molecule is C[C@@H](O)c1cc2cnc(Nc3ccc(CN4CCN(CCO)CC4)cn3)nc2c(-c2ccccc2)n1. The molecule has 5 rings (SSSR count). The summed E-state index contributed by atoms with van der Waals surface area (Å²) in [6, 6.07) is 15.7. The van der Waals surface area contributed by atoms with E-state index < -0.39 is 6.10 Å². The number of aliphatic hydroxyl groups excluding tert-OH is 2. The number of pyridine rings is 2. The Hall–Kier alpha value is -3.50. The van der Waals surface area contributed by atoms with Crippen molar-refractivity contribution in [3.8, 4) is 11.3 Å². The van der Waals surface area contributed by atoms with Crippen molar-refractivity contribution < 1.29 is 10.2 Å². The van der Waals surface area contributed by atoms with Gasteiger partial charge in [0.15, 0.2) is 0 Å². The number of anilines is 2. The Labute approximate surface area is 210 Å². The Morgan fingerprint density at radius 1 is 0.944 bits per heavy atom. The molecule has 0 spiro atoms. The van der Waals surface area contributed by atoms with Crippen LogP contribution in [0.3, 0.4) is 0 Å². The second-order valence-electron chi connectivity index (χ2n) is 9.09. The lowest BCUT2D eigenvalue weighted by Gasteiger charge is -2.34. The fourth-order valence-electron chi connectivity index (χ4n) is 4.41. The van der Waals surface area contributed by atoms with Gasteiger partial charge in [-0.1, -0.05) is 36.4 Å². The van der Waals surface area contributed by atoms with E-state index in [1.165, 1.54) is 0 Å². The zero-order chi connectivity index (χ0) is 24.9. The van der Waals surface area contributed by atoms with Crippen molar-refractivity contribution in [1.29, 1.82) is 0 Å². The molecule has 1 aliphatic heterocycles. The van der Waals surface area contributed by atoms with Gasteiger partial charge in [0.25, 0.3) is 0 Å². The first-order valence-corrected chi connectivity index (χ1v) is 12.3. The second-order valence-corrected chi connectivity index (χ2v) is 9.09. The third kappa shape index (κ3) is 5.66. The largest absolute Gasteiger partial charge is 0.395 e. The van der Waals surface area contributed by atoms with E-state index in [0.717, 1.165) is 55.8 Å². The van der Waals surface area contributed by atoms with Gasteiger partial charge in [0, 0.05) is 62.6 Å². The van der Waals surface area contributed by atoms with Crippen molar-refractivity contribution in [2.24, 2.45) is 0 Å². The molecule has 0 radical (unpaired) electrons. The number of nitrogens with zero attached hydrogens (tertiary/aromatic N) is 6. The number of nitrogens with one attached hydrogen (secondary N) is 1.